The fourth-order valence-electron chi connectivity index (χ4n) is 4.26. The van der Waals surface area contributed by atoms with E-state index in [0.29, 0.717) is 32.5 Å². The second-order valence-corrected chi connectivity index (χ2v) is 7.50. The number of likely N-dealkylation sites (tertiary alicyclic amines) is 1. The summed E-state index contributed by atoms with van der Waals surface area (Å²) in [5, 5.41) is 4.86. The number of pyridine rings is 1. The lowest BCUT2D eigenvalue weighted by molar-refractivity contribution is -0.0964. The van der Waals surface area contributed by atoms with Crippen LogP contribution in [0.15, 0.2) is 54.9 Å². The summed E-state index contributed by atoms with van der Waals surface area (Å²) in [6, 6.07) is 12.8. The lowest BCUT2D eigenvalue weighted by Crippen LogP contribution is -2.48. The number of hydrogen-bond donors (Lipinski definition) is 0. The van der Waals surface area contributed by atoms with Crippen LogP contribution in [0.4, 0.5) is 4.39 Å². The molecule has 1 saturated heterocycles. The highest BCUT2D eigenvalue weighted by molar-refractivity contribution is 5.92. The highest BCUT2D eigenvalue weighted by atomic mass is 19.1. The molecule has 148 valence electrons. The Morgan fingerprint density at radius 2 is 1.90 bits per heavy atom. The molecule has 1 amide bonds. The van der Waals surface area contributed by atoms with Gasteiger partial charge in [0.1, 0.15) is 5.60 Å². The van der Waals surface area contributed by atoms with Crippen molar-refractivity contribution in [2.75, 3.05) is 19.7 Å². The van der Waals surface area contributed by atoms with Gasteiger partial charge in [0.2, 0.25) is 0 Å². The third-order valence-corrected chi connectivity index (χ3v) is 5.81. The summed E-state index contributed by atoms with van der Waals surface area (Å²) in [5.74, 6) is -0.959. The zero-order valence-corrected chi connectivity index (χ0v) is 15.9. The van der Waals surface area contributed by atoms with Crippen molar-refractivity contribution in [2.24, 2.45) is 0 Å². The molecule has 2 aromatic heterocycles. The number of rotatable bonds is 2. The van der Waals surface area contributed by atoms with Crippen LogP contribution in [-0.4, -0.2) is 45.3 Å². The van der Waals surface area contributed by atoms with Crippen LogP contribution < -0.4 is 0 Å². The molecular formula is C22H21FN4O2. The number of fused-ring (bicyclic) bond motifs is 2. The number of nitrogens with zero attached hydrogens (tertiary/aromatic N) is 4. The molecule has 3 aromatic rings. The van der Waals surface area contributed by atoms with E-state index in [1.807, 2.05) is 35.0 Å². The van der Waals surface area contributed by atoms with Gasteiger partial charge in [-0.1, -0.05) is 18.2 Å². The van der Waals surface area contributed by atoms with Crippen molar-refractivity contribution in [3.8, 4) is 5.69 Å². The Kier molecular flexibility index (Phi) is 4.39. The predicted octanol–water partition coefficient (Wildman–Crippen LogP) is 3.11. The van der Waals surface area contributed by atoms with E-state index in [4.69, 9.17) is 9.84 Å². The average Bonchev–Trinajstić information content (AvgIpc) is 3.21. The zero-order chi connectivity index (χ0) is 19.8. The largest absolute Gasteiger partial charge is 0.368 e. The van der Waals surface area contributed by atoms with Gasteiger partial charge in [0.15, 0.2) is 11.5 Å². The van der Waals surface area contributed by atoms with Gasteiger partial charge >= 0.3 is 0 Å². The van der Waals surface area contributed by atoms with Crippen molar-refractivity contribution in [3.05, 3.63) is 77.6 Å². The van der Waals surface area contributed by atoms with Gasteiger partial charge in [-0.3, -0.25) is 4.79 Å². The number of halogens is 1. The number of amides is 1. The van der Waals surface area contributed by atoms with Gasteiger partial charge in [0.25, 0.3) is 5.91 Å². The topological polar surface area (TPSA) is 60.3 Å². The van der Waals surface area contributed by atoms with Gasteiger partial charge in [-0.2, -0.15) is 5.10 Å². The lowest BCUT2D eigenvalue weighted by Gasteiger charge is -2.42. The quantitative estimate of drug-likeness (QED) is 0.672. The molecule has 0 bridgehead atoms. The second-order valence-electron chi connectivity index (χ2n) is 7.50. The molecule has 29 heavy (non-hydrogen) atoms. The Balaban J connectivity index is 1.38. The van der Waals surface area contributed by atoms with E-state index in [9.17, 15) is 9.18 Å². The van der Waals surface area contributed by atoms with Crippen LogP contribution in [0.5, 0.6) is 0 Å². The number of carbonyl (C=O) groups excluding carboxylic acids is 1. The minimum absolute atomic E-state index is 0.123. The van der Waals surface area contributed by atoms with Crippen LogP contribution in [0.25, 0.3) is 5.69 Å². The smallest absolute Gasteiger partial charge is 0.275 e. The fraction of sp³-hybridized carbons (Fsp3) is 0.318. The molecule has 0 aliphatic carbocycles. The van der Waals surface area contributed by atoms with Gasteiger partial charge in [-0.15, -0.1) is 0 Å². The van der Waals surface area contributed by atoms with Crippen LogP contribution in [0.1, 0.15) is 34.6 Å². The van der Waals surface area contributed by atoms with E-state index < -0.39 is 11.4 Å². The van der Waals surface area contributed by atoms with Crippen molar-refractivity contribution >= 4 is 5.91 Å². The minimum atomic E-state index is -0.587. The maximum Gasteiger partial charge on any atom is 0.275 e. The number of para-hydroxylation sites is 1. The Hall–Kier alpha value is -3.06. The number of ether oxygens (including phenoxy) is 1. The van der Waals surface area contributed by atoms with E-state index in [-0.39, 0.29) is 11.6 Å². The van der Waals surface area contributed by atoms with Gasteiger partial charge in [-0.05, 0) is 49.1 Å². The van der Waals surface area contributed by atoms with Crippen molar-refractivity contribution in [1.82, 2.24) is 19.7 Å². The fourth-order valence-corrected chi connectivity index (χ4v) is 4.26. The molecule has 0 N–H and O–H groups in total. The van der Waals surface area contributed by atoms with E-state index in [0.717, 1.165) is 17.8 Å². The molecule has 4 heterocycles. The summed E-state index contributed by atoms with van der Waals surface area (Å²) in [5.41, 5.74) is 2.55. The maximum absolute atomic E-state index is 14.0. The predicted molar refractivity (Wildman–Crippen MR) is 104 cm³/mol. The van der Waals surface area contributed by atoms with Crippen molar-refractivity contribution in [2.45, 2.75) is 24.9 Å². The van der Waals surface area contributed by atoms with Crippen molar-refractivity contribution < 1.29 is 13.9 Å². The monoisotopic (exact) mass is 392 g/mol. The minimum Gasteiger partial charge on any atom is -0.368 e. The van der Waals surface area contributed by atoms with Gasteiger partial charge in [0, 0.05) is 25.5 Å². The number of aromatic nitrogens is 3. The summed E-state index contributed by atoms with van der Waals surface area (Å²) in [4.78, 5) is 18.3. The van der Waals surface area contributed by atoms with Crippen LogP contribution in [0, 0.1) is 5.82 Å². The Labute approximate surface area is 167 Å². The summed E-state index contributed by atoms with van der Waals surface area (Å²) >= 11 is 0. The SMILES string of the molecule is O=C(c1ncccc1F)N1CCC2(CC1)OCCc1cn(-c3ccccc3)nc12. The third-order valence-electron chi connectivity index (χ3n) is 5.81. The Morgan fingerprint density at radius 1 is 1.10 bits per heavy atom. The van der Waals surface area contributed by atoms with Crippen molar-refractivity contribution in [3.63, 3.8) is 0 Å². The summed E-state index contributed by atoms with van der Waals surface area (Å²) in [6.45, 7) is 1.59. The molecule has 1 spiro atoms. The molecule has 6 nitrogen and oxygen atoms in total. The molecule has 5 rings (SSSR count). The molecule has 0 unspecified atom stereocenters. The van der Waals surface area contributed by atoms with Crippen LogP contribution in [0.2, 0.25) is 0 Å². The van der Waals surface area contributed by atoms with E-state index in [2.05, 4.69) is 11.2 Å². The molecule has 7 heteroatoms. The standard InChI is InChI=1S/C22H21FN4O2/c23-18-7-4-11-24-19(18)21(28)26-12-9-22(10-13-26)20-16(8-14-29-22)15-27(25-20)17-5-2-1-3-6-17/h1-7,11,15H,8-10,12-14H2. The number of carbonyl (C=O) groups is 1. The maximum atomic E-state index is 14.0. The van der Waals surface area contributed by atoms with E-state index in [1.165, 1.54) is 23.9 Å². The van der Waals surface area contributed by atoms with Crippen molar-refractivity contribution in [1.29, 1.82) is 0 Å². The average molecular weight is 392 g/mol. The highest BCUT2D eigenvalue weighted by Crippen LogP contribution is 2.41. The third kappa shape index (κ3) is 3.11. The van der Waals surface area contributed by atoms with Crippen LogP contribution in [-0.2, 0) is 16.8 Å². The second kappa shape index (κ2) is 7.08. The van der Waals surface area contributed by atoms with Gasteiger partial charge in [0.05, 0.1) is 18.0 Å². The molecule has 1 fully saturated rings. The zero-order valence-electron chi connectivity index (χ0n) is 15.9. The van der Waals surface area contributed by atoms with Crippen LogP contribution in [0.3, 0.4) is 0 Å². The summed E-state index contributed by atoms with van der Waals surface area (Å²) in [6.07, 6.45) is 5.61. The first-order valence-corrected chi connectivity index (χ1v) is 9.84. The molecule has 0 atom stereocenters. The molecule has 2 aliphatic heterocycles. The first-order chi connectivity index (χ1) is 14.2. The van der Waals surface area contributed by atoms with E-state index in [1.54, 1.807) is 4.90 Å². The Bertz CT molecular complexity index is 1040. The number of hydrogen-bond acceptors (Lipinski definition) is 4. The molecule has 0 saturated carbocycles. The first-order valence-electron chi connectivity index (χ1n) is 9.84. The number of piperidine rings is 1. The van der Waals surface area contributed by atoms with Crippen LogP contribution >= 0.6 is 0 Å². The molecule has 2 aliphatic rings. The Morgan fingerprint density at radius 3 is 2.66 bits per heavy atom. The normalized spacial score (nSPS) is 17.9. The summed E-state index contributed by atoms with van der Waals surface area (Å²) < 4.78 is 22.1. The first kappa shape index (κ1) is 18.0. The molecular weight excluding hydrogens is 371 g/mol. The van der Waals surface area contributed by atoms with E-state index >= 15 is 0 Å². The van der Waals surface area contributed by atoms with Gasteiger partial charge < -0.3 is 9.64 Å². The lowest BCUT2D eigenvalue weighted by atomic mass is 9.83. The van der Waals surface area contributed by atoms with Gasteiger partial charge in [-0.25, -0.2) is 14.1 Å². The summed E-state index contributed by atoms with van der Waals surface area (Å²) in [7, 11) is 0. The number of benzene rings is 1. The highest BCUT2D eigenvalue weighted by Gasteiger charge is 2.44. The molecule has 0 radical (unpaired) electrons. The molecule has 1 aromatic carbocycles.